The van der Waals surface area contributed by atoms with E-state index in [1.54, 1.807) is 24.0 Å². The van der Waals surface area contributed by atoms with Crippen molar-refractivity contribution in [2.75, 3.05) is 18.6 Å². The third-order valence-corrected chi connectivity index (χ3v) is 6.14. The number of methoxy groups -OCH3 is 1. The topological polar surface area (TPSA) is 145 Å². The Hall–Kier alpha value is -4.34. The summed E-state index contributed by atoms with van der Waals surface area (Å²) in [6, 6.07) is 10.4. The number of nitro groups is 1. The number of non-ortho nitro benzene ring substituents is 1. The molecular formula is C25H25N3O7. The molecule has 4 rings (SSSR count). The zero-order chi connectivity index (χ0) is 25.3. The van der Waals surface area contributed by atoms with Crippen molar-refractivity contribution in [3.8, 4) is 11.5 Å². The Balaban J connectivity index is 1.96. The monoisotopic (exact) mass is 479 g/mol. The molecule has 35 heavy (non-hydrogen) atoms. The first-order valence-electron chi connectivity index (χ1n) is 11.1. The van der Waals surface area contributed by atoms with E-state index in [9.17, 15) is 24.8 Å². The van der Waals surface area contributed by atoms with Crippen molar-refractivity contribution in [2.45, 2.75) is 32.1 Å². The van der Waals surface area contributed by atoms with Gasteiger partial charge in [-0.25, -0.2) is 4.79 Å². The molecule has 0 spiro atoms. The molecule has 1 aliphatic carbocycles. The second kappa shape index (κ2) is 9.49. The SMILES string of the molecule is CCOC(=O)C1=C(N)N(c2ccc([N+](=O)[O-])cc2)C2=C(C(=O)CCC2)[C@@H]1c1ccc(OC)c(O)c1. The van der Waals surface area contributed by atoms with Crippen LogP contribution >= 0.6 is 0 Å². The minimum Gasteiger partial charge on any atom is -0.504 e. The van der Waals surface area contributed by atoms with Gasteiger partial charge in [-0.1, -0.05) is 6.07 Å². The molecule has 10 heteroatoms. The maximum Gasteiger partial charge on any atom is 0.338 e. The second-order valence-corrected chi connectivity index (χ2v) is 8.13. The molecule has 182 valence electrons. The number of ether oxygens (including phenoxy) is 2. The van der Waals surface area contributed by atoms with Crippen molar-refractivity contribution < 1.29 is 29.1 Å². The van der Waals surface area contributed by atoms with E-state index in [0.29, 0.717) is 41.8 Å². The van der Waals surface area contributed by atoms with Crippen LogP contribution in [0.15, 0.2) is 65.1 Å². The molecular weight excluding hydrogens is 454 g/mol. The molecule has 2 aliphatic rings. The Kier molecular flexibility index (Phi) is 6.46. The Labute approximate surface area is 201 Å². The summed E-state index contributed by atoms with van der Waals surface area (Å²) in [5.74, 6) is -1.53. The van der Waals surface area contributed by atoms with Gasteiger partial charge in [-0.2, -0.15) is 0 Å². The summed E-state index contributed by atoms with van der Waals surface area (Å²) in [6.07, 6.45) is 1.39. The fourth-order valence-corrected chi connectivity index (χ4v) is 4.63. The minimum atomic E-state index is -0.858. The average molecular weight is 479 g/mol. The number of benzene rings is 2. The molecule has 0 bridgehead atoms. The highest BCUT2D eigenvalue weighted by Crippen LogP contribution is 2.48. The summed E-state index contributed by atoms with van der Waals surface area (Å²) in [5, 5.41) is 21.5. The van der Waals surface area contributed by atoms with Crippen molar-refractivity contribution >= 4 is 23.1 Å². The molecule has 2 aromatic carbocycles. The Morgan fingerprint density at radius 1 is 1.23 bits per heavy atom. The fraction of sp³-hybridized carbons (Fsp3) is 0.280. The molecule has 0 fully saturated rings. The maximum absolute atomic E-state index is 13.3. The van der Waals surface area contributed by atoms with E-state index in [-0.39, 0.29) is 41.0 Å². The lowest BCUT2D eigenvalue weighted by Crippen LogP contribution is -2.41. The van der Waals surface area contributed by atoms with E-state index in [1.165, 1.54) is 37.4 Å². The molecule has 0 saturated heterocycles. The number of phenols is 1. The normalized spacial score (nSPS) is 17.8. The van der Waals surface area contributed by atoms with Crippen LogP contribution in [-0.4, -0.2) is 35.5 Å². The molecule has 0 aromatic heterocycles. The second-order valence-electron chi connectivity index (χ2n) is 8.13. The molecule has 1 aliphatic heterocycles. The predicted molar refractivity (Wildman–Crippen MR) is 127 cm³/mol. The molecule has 0 saturated carbocycles. The average Bonchev–Trinajstić information content (AvgIpc) is 2.83. The fourth-order valence-electron chi connectivity index (χ4n) is 4.63. The number of anilines is 1. The van der Waals surface area contributed by atoms with E-state index >= 15 is 0 Å². The molecule has 0 radical (unpaired) electrons. The number of nitrogens with two attached hydrogens (primary N) is 1. The zero-order valence-corrected chi connectivity index (χ0v) is 19.3. The van der Waals surface area contributed by atoms with Crippen molar-refractivity contribution in [2.24, 2.45) is 5.73 Å². The van der Waals surface area contributed by atoms with Crippen molar-refractivity contribution in [1.82, 2.24) is 0 Å². The number of esters is 1. The van der Waals surface area contributed by atoms with Crippen molar-refractivity contribution in [3.63, 3.8) is 0 Å². The van der Waals surface area contributed by atoms with Gasteiger partial charge in [-0.05, 0) is 49.6 Å². The van der Waals surface area contributed by atoms with Crippen LogP contribution in [0.2, 0.25) is 0 Å². The number of phenolic OH excluding ortho intramolecular Hbond substituents is 1. The smallest absolute Gasteiger partial charge is 0.338 e. The summed E-state index contributed by atoms with van der Waals surface area (Å²) in [5.41, 5.74) is 8.52. The summed E-state index contributed by atoms with van der Waals surface area (Å²) >= 11 is 0. The van der Waals surface area contributed by atoms with Crippen molar-refractivity contribution in [3.05, 3.63) is 80.8 Å². The largest absolute Gasteiger partial charge is 0.504 e. The van der Waals surface area contributed by atoms with E-state index < -0.39 is 16.8 Å². The number of Topliss-reactive ketones (excluding diaryl/α,β-unsaturated/α-hetero) is 1. The van der Waals surface area contributed by atoms with Crippen LogP contribution in [0, 0.1) is 10.1 Å². The first kappa shape index (κ1) is 23.8. The lowest BCUT2D eigenvalue weighted by atomic mass is 9.75. The van der Waals surface area contributed by atoms with Gasteiger partial charge in [0.2, 0.25) is 0 Å². The van der Waals surface area contributed by atoms with E-state index in [2.05, 4.69) is 0 Å². The number of carbonyl (C=O) groups excluding carboxylic acids is 2. The molecule has 1 heterocycles. The van der Waals surface area contributed by atoms with Gasteiger partial charge in [0, 0.05) is 35.5 Å². The number of hydrogen-bond donors (Lipinski definition) is 2. The van der Waals surface area contributed by atoms with E-state index in [1.807, 2.05) is 0 Å². The molecule has 0 amide bonds. The Bertz CT molecular complexity index is 1260. The number of ketones is 1. The van der Waals surface area contributed by atoms with Gasteiger partial charge in [-0.3, -0.25) is 19.8 Å². The Morgan fingerprint density at radius 3 is 2.54 bits per heavy atom. The number of nitro benzene ring substituents is 1. The van der Waals surface area contributed by atoms with Crippen molar-refractivity contribution in [1.29, 1.82) is 0 Å². The summed E-state index contributed by atoms with van der Waals surface area (Å²) in [4.78, 5) is 38.7. The van der Waals surface area contributed by atoms with Crippen LogP contribution in [0.4, 0.5) is 11.4 Å². The third kappa shape index (κ3) is 4.18. The van der Waals surface area contributed by atoms with Gasteiger partial charge in [0.05, 0.1) is 30.1 Å². The number of hydrogen-bond acceptors (Lipinski definition) is 9. The highest BCUT2D eigenvalue weighted by molar-refractivity contribution is 6.05. The maximum atomic E-state index is 13.3. The summed E-state index contributed by atoms with van der Waals surface area (Å²) < 4.78 is 10.5. The lowest BCUT2D eigenvalue weighted by molar-refractivity contribution is -0.384. The highest BCUT2D eigenvalue weighted by atomic mass is 16.6. The van der Waals surface area contributed by atoms with E-state index in [0.717, 1.165) is 0 Å². The molecule has 0 unspecified atom stereocenters. The lowest BCUT2D eigenvalue weighted by Gasteiger charge is -2.40. The van der Waals surface area contributed by atoms with Gasteiger partial charge in [0.25, 0.3) is 5.69 Å². The summed E-state index contributed by atoms with van der Waals surface area (Å²) in [7, 11) is 1.42. The number of carbonyl (C=O) groups is 2. The molecule has 1 atom stereocenters. The third-order valence-electron chi connectivity index (χ3n) is 6.14. The minimum absolute atomic E-state index is 0.0590. The quantitative estimate of drug-likeness (QED) is 0.360. The first-order valence-corrected chi connectivity index (χ1v) is 11.1. The summed E-state index contributed by atoms with van der Waals surface area (Å²) in [6.45, 7) is 1.75. The van der Waals surface area contributed by atoms with Crippen LogP contribution in [0.1, 0.15) is 37.7 Å². The van der Waals surface area contributed by atoms with Gasteiger partial charge in [0.15, 0.2) is 17.3 Å². The number of rotatable bonds is 6. The highest BCUT2D eigenvalue weighted by Gasteiger charge is 2.43. The van der Waals surface area contributed by atoms with Crippen LogP contribution in [0.25, 0.3) is 0 Å². The van der Waals surface area contributed by atoms with Gasteiger partial charge in [0.1, 0.15) is 5.82 Å². The van der Waals surface area contributed by atoms with Crippen LogP contribution < -0.4 is 15.4 Å². The standard InChI is InChI=1S/C25H25N3O7/c1-3-35-25(31)23-21(14-7-12-20(34-2)19(30)13-14)22-17(5-4-6-18(22)29)27(24(23)26)15-8-10-16(11-9-15)28(32)33/h7-13,21,30H,3-6,26H2,1-2H3/t21-/m0/s1. The number of nitrogens with zero attached hydrogens (tertiary/aromatic N) is 2. The predicted octanol–water partition coefficient (Wildman–Crippen LogP) is 3.65. The van der Waals surface area contributed by atoms with Gasteiger partial charge in [-0.15, -0.1) is 0 Å². The van der Waals surface area contributed by atoms with Crippen LogP contribution in [-0.2, 0) is 14.3 Å². The molecule has 3 N–H and O–H groups in total. The zero-order valence-electron chi connectivity index (χ0n) is 19.3. The molecule has 2 aromatic rings. The van der Waals surface area contributed by atoms with Gasteiger partial charge < -0.3 is 20.3 Å². The van der Waals surface area contributed by atoms with E-state index in [4.69, 9.17) is 15.2 Å². The van der Waals surface area contributed by atoms with Gasteiger partial charge >= 0.3 is 5.97 Å². The first-order chi connectivity index (χ1) is 16.8. The molecule has 10 nitrogen and oxygen atoms in total. The van der Waals surface area contributed by atoms with Crippen LogP contribution in [0.3, 0.4) is 0 Å². The van der Waals surface area contributed by atoms with Crippen LogP contribution in [0.5, 0.6) is 11.5 Å². The Morgan fingerprint density at radius 2 is 1.94 bits per heavy atom. The number of allylic oxidation sites excluding steroid dienone is 2. The number of aromatic hydroxyl groups is 1.